The second kappa shape index (κ2) is 7.02. The standard InChI is InChI=1S/C12H18F3NO7/c1-11(2,3)23-10(22)16(4)7(12(13,14)15)5(8(18)19)6(17)9(20)21/h5-7,17H,1-4H3,(H,18,19)(H,20,21)/t5-,6+,7+/m0/s1. The van der Waals surface area contributed by atoms with Gasteiger partial charge < -0.3 is 20.1 Å². The Balaban J connectivity index is 5.80. The summed E-state index contributed by atoms with van der Waals surface area (Å²) in [6.45, 7) is 4.13. The number of ether oxygens (including phenoxy) is 1. The van der Waals surface area contributed by atoms with Crippen LogP contribution in [0.2, 0.25) is 0 Å². The number of hydrogen-bond donors (Lipinski definition) is 3. The lowest BCUT2D eigenvalue weighted by molar-refractivity contribution is -0.209. The Morgan fingerprint density at radius 2 is 1.48 bits per heavy atom. The van der Waals surface area contributed by atoms with Gasteiger partial charge >= 0.3 is 24.2 Å². The molecule has 0 rings (SSSR count). The van der Waals surface area contributed by atoms with Crippen LogP contribution in [0.25, 0.3) is 0 Å². The van der Waals surface area contributed by atoms with Crippen LogP contribution < -0.4 is 0 Å². The molecule has 8 nitrogen and oxygen atoms in total. The van der Waals surface area contributed by atoms with Crippen molar-refractivity contribution < 1.29 is 47.6 Å². The van der Waals surface area contributed by atoms with Crippen molar-refractivity contribution in [2.45, 2.75) is 44.7 Å². The molecule has 23 heavy (non-hydrogen) atoms. The first kappa shape index (κ1) is 21.0. The van der Waals surface area contributed by atoms with Gasteiger partial charge in [0.15, 0.2) is 6.10 Å². The first-order valence-electron chi connectivity index (χ1n) is 6.25. The summed E-state index contributed by atoms with van der Waals surface area (Å²) in [6, 6.07) is -3.10. The fourth-order valence-electron chi connectivity index (χ4n) is 1.71. The summed E-state index contributed by atoms with van der Waals surface area (Å²) < 4.78 is 44.3. The maximum Gasteiger partial charge on any atom is 0.410 e. The number of aliphatic hydroxyl groups excluding tert-OH is 1. The Bertz CT molecular complexity index is 472. The third kappa shape index (κ3) is 5.93. The van der Waals surface area contributed by atoms with E-state index >= 15 is 0 Å². The number of carbonyl (C=O) groups is 3. The van der Waals surface area contributed by atoms with Gasteiger partial charge in [-0.2, -0.15) is 13.2 Å². The van der Waals surface area contributed by atoms with E-state index in [4.69, 9.17) is 14.9 Å². The molecule has 3 N–H and O–H groups in total. The monoisotopic (exact) mass is 345 g/mol. The molecule has 0 spiro atoms. The minimum absolute atomic E-state index is 0.0871. The molecule has 0 saturated carbocycles. The van der Waals surface area contributed by atoms with Gasteiger partial charge in [-0.05, 0) is 20.8 Å². The van der Waals surface area contributed by atoms with E-state index in [1.807, 2.05) is 0 Å². The number of alkyl halides is 3. The quantitative estimate of drug-likeness (QED) is 0.677. The fourth-order valence-corrected chi connectivity index (χ4v) is 1.71. The molecule has 0 bridgehead atoms. The molecule has 3 atom stereocenters. The van der Waals surface area contributed by atoms with E-state index in [-0.39, 0.29) is 4.90 Å². The van der Waals surface area contributed by atoms with Gasteiger partial charge in [0.25, 0.3) is 0 Å². The highest BCUT2D eigenvalue weighted by Crippen LogP contribution is 2.32. The Labute approximate surface area is 129 Å². The van der Waals surface area contributed by atoms with E-state index in [0.29, 0.717) is 7.05 Å². The zero-order valence-electron chi connectivity index (χ0n) is 12.8. The van der Waals surface area contributed by atoms with E-state index in [1.165, 1.54) is 20.8 Å². The number of carboxylic acid groups (broad SMARTS) is 2. The molecule has 0 aliphatic rings. The number of nitrogens with zero attached hydrogens (tertiary/aromatic N) is 1. The lowest BCUT2D eigenvalue weighted by atomic mass is 9.92. The molecule has 0 radical (unpaired) electrons. The van der Waals surface area contributed by atoms with Gasteiger partial charge in [-0.1, -0.05) is 0 Å². The normalized spacial score (nSPS) is 16.2. The van der Waals surface area contributed by atoms with Crippen LogP contribution in [0.1, 0.15) is 20.8 Å². The number of aliphatic hydroxyl groups is 1. The molecule has 0 unspecified atom stereocenters. The molecule has 0 saturated heterocycles. The van der Waals surface area contributed by atoms with Crippen LogP contribution in [0.15, 0.2) is 0 Å². The van der Waals surface area contributed by atoms with Crippen LogP contribution in [0, 0.1) is 5.92 Å². The summed E-state index contributed by atoms with van der Waals surface area (Å²) in [5, 5.41) is 26.8. The van der Waals surface area contributed by atoms with Gasteiger partial charge in [0.2, 0.25) is 0 Å². The van der Waals surface area contributed by atoms with Gasteiger partial charge in [0.05, 0.1) is 0 Å². The molecular formula is C12H18F3NO7. The maximum absolute atomic E-state index is 13.2. The molecule has 0 heterocycles. The van der Waals surface area contributed by atoms with Crippen molar-refractivity contribution >= 4 is 18.0 Å². The summed E-state index contributed by atoms with van der Waals surface area (Å²) in [4.78, 5) is 33.4. The van der Waals surface area contributed by atoms with E-state index in [9.17, 15) is 32.7 Å². The minimum Gasteiger partial charge on any atom is -0.481 e. The fraction of sp³-hybridized carbons (Fsp3) is 0.750. The topological polar surface area (TPSA) is 124 Å². The second-order valence-corrected chi connectivity index (χ2v) is 5.72. The molecule has 0 aliphatic heterocycles. The van der Waals surface area contributed by atoms with Gasteiger partial charge in [-0.15, -0.1) is 0 Å². The summed E-state index contributed by atoms with van der Waals surface area (Å²) in [7, 11) is 0.608. The molecule has 0 aromatic carbocycles. The van der Waals surface area contributed by atoms with Crippen molar-refractivity contribution in [3.8, 4) is 0 Å². The smallest absolute Gasteiger partial charge is 0.410 e. The number of amides is 1. The van der Waals surface area contributed by atoms with Gasteiger partial charge in [-0.25, -0.2) is 9.59 Å². The van der Waals surface area contributed by atoms with E-state index in [0.717, 1.165) is 0 Å². The van der Waals surface area contributed by atoms with E-state index in [1.54, 1.807) is 0 Å². The van der Waals surface area contributed by atoms with Gasteiger partial charge in [-0.3, -0.25) is 9.69 Å². The van der Waals surface area contributed by atoms with Gasteiger partial charge in [0, 0.05) is 7.05 Å². The highest BCUT2D eigenvalue weighted by Gasteiger charge is 2.56. The molecule has 0 aromatic rings. The van der Waals surface area contributed by atoms with Crippen LogP contribution in [0.3, 0.4) is 0 Å². The number of rotatable bonds is 5. The Kier molecular flexibility index (Phi) is 6.40. The highest BCUT2D eigenvalue weighted by molar-refractivity contribution is 5.83. The molecule has 134 valence electrons. The van der Waals surface area contributed by atoms with Crippen molar-refractivity contribution in [1.29, 1.82) is 0 Å². The first-order chi connectivity index (χ1) is 10.1. The average molecular weight is 345 g/mol. The SMILES string of the molecule is CN(C(=O)OC(C)(C)C)[C@H]([C@@H](C(=O)O)[C@@H](O)C(=O)O)C(F)(F)F. The largest absolute Gasteiger partial charge is 0.481 e. The predicted molar refractivity (Wildman–Crippen MR) is 68.6 cm³/mol. The maximum atomic E-state index is 13.2. The second-order valence-electron chi connectivity index (χ2n) is 5.72. The number of halogens is 3. The molecule has 0 fully saturated rings. The van der Waals surface area contributed by atoms with Crippen molar-refractivity contribution in [3.05, 3.63) is 0 Å². The summed E-state index contributed by atoms with van der Waals surface area (Å²) in [5.74, 6) is -7.22. The van der Waals surface area contributed by atoms with Crippen LogP contribution in [0.4, 0.5) is 18.0 Å². The number of hydrogen-bond acceptors (Lipinski definition) is 5. The third-order valence-corrected chi connectivity index (χ3v) is 2.65. The Hall–Kier alpha value is -2.04. The summed E-state index contributed by atoms with van der Waals surface area (Å²) >= 11 is 0. The van der Waals surface area contributed by atoms with E-state index < -0.39 is 47.9 Å². The number of carbonyl (C=O) groups excluding carboxylic acids is 1. The van der Waals surface area contributed by atoms with Crippen molar-refractivity contribution in [3.63, 3.8) is 0 Å². The number of carboxylic acids is 2. The molecular weight excluding hydrogens is 327 g/mol. The lowest BCUT2D eigenvalue weighted by Crippen LogP contribution is -2.58. The van der Waals surface area contributed by atoms with Crippen LogP contribution >= 0.6 is 0 Å². The zero-order valence-corrected chi connectivity index (χ0v) is 12.8. The minimum atomic E-state index is -5.31. The molecule has 0 aromatic heterocycles. The lowest BCUT2D eigenvalue weighted by Gasteiger charge is -2.35. The molecule has 11 heteroatoms. The number of aliphatic carboxylic acids is 2. The summed E-state index contributed by atoms with van der Waals surface area (Å²) in [5.41, 5.74) is -1.16. The van der Waals surface area contributed by atoms with Crippen molar-refractivity contribution in [2.75, 3.05) is 7.05 Å². The van der Waals surface area contributed by atoms with Crippen LogP contribution in [-0.4, -0.2) is 69.2 Å². The Morgan fingerprint density at radius 3 is 1.74 bits per heavy atom. The average Bonchev–Trinajstić information content (AvgIpc) is 2.29. The van der Waals surface area contributed by atoms with Gasteiger partial charge in [0.1, 0.15) is 17.6 Å². The molecule has 1 amide bonds. The van der Waals surface area contributed by atoms with Crippen LogP contribution in [-0.2, 0) is 14.3 Å². The highest BCUT2D eigenvalue weighted by atomic mass is 19.4. The molecule has 0 aliphatic carbocycles. The van der Waals surface area contributed by atoms with Crippen LogP contribution in [0.5, 0.6) is 0 Å². The van der Waals surface area contributed by atoms with Crippen molar-refractivity contribution in [2.24, 2.45) is 5.92 Å². The summed E-state index contributed by atoms with van der Waals surface area (Å²) in [6.07, 6.45) is -9.70. The Morgan fingerprint density at radius 1 is 1.04 bits per heavy atom. The van der Waals surface area contributed by atoms with Crippen molar-refractivity contribution in [1.82, 2.24) is 4.90 Å². The third-order valence-electron chi connectivity index (χ3n) is 2.65. The zero-order chi connectivity index (χ0) is 18.7. The van der Waals surface area contributed by atoms with E-state index in [2.05, 4.69) is 0 Å². The first-order valence-corrected chi connectivity index (χ1v) is 6.25. The predicted octanol–water partition coefficient (Wildman–Crippen LogP) is 0.931.